The zero-order chi connectivity index (χ0) is 24.7. The molecule has 3 aromatic rings. The van der Waals surface area contributed by atoms with E-state index in [0.717, 1.165) is 29.4 Å². The molecule has 6 heteroatoms. The minimum atomic E-state index is -1.02. The summed E-state index contributed by atoms with van der Waals surface area (Å²) in [6.07, 6.45) is 3.31. The van der Waals surface area contributed by atoms with Gasteiger partial charge in [0.25, 0.3) is 5.91 Å². The summed E-state index contributed by atoms with van der Waals surface area (Å²) in [7, 11) is 0. The quantitative estimate of drug-likeness (QED) is 0.569. The molecule has 184 valence electrons. The van der Waals surface area contributed by atoms with E-state index in [9.17, 15) is 9.59 Å². The van der Waals surface area contributed by atoms with Crippen molar-refractivity contribution in [3.63, 3.8) is 0 Å². The van der Waals surface area contributed by atoms with E-state index in [-0.39, 0.29) is 23.8 Å². The summed E-state index contributed by atoms with van der Waals surface area (Å²) in [4.78, 5) is 34.4. The van der Waals surface area contributed by atoms with Crippen LogP contribution in [0.5, 0.6) is 0 Å². The van der Waals surface area contributed by atoms with E-state index in [1.807, 2.05) is 54.0 Å². The lowest BCUT2D eigenvalue weighted by Crippen LogP contribution is -2.66. The van der Waals surface area contributed by atoms with Gasteiger partial charge in [0, 0.05) is 12.6 Å². The van der Waals surface area contributed by atoms with Crippen molar-refractivity contribution < 1.29 is 9.59 Å². The van der Waals surface area contributed by atoms with Gasteiger partial charge < -0.3 is 14.8 Å². The molecule has 2 amide bonds. The molecule has 1 aliphatic carbocycles. The van der Waals surface area contributed by atoms with Gasteiger partial charge in [-0.2, -0.15) is 0 Å². The number of rotatable bonds is 5. The van der Waals surface area contributed by atoms with Crippen molar-refractivity contribution in [2.45, 2.75) is 71.0 Å². The average molecular weight is 473 g/mol. The molecule has 2 aliphatic rings. The van der Waals surface area contributed by atoms with Crippen LogP contribution in [0.3, 0.4) is 0 Å². The molecule has 2 heterocycles. The van der Waals surface area contributed by atoms with Gasteiger partial charge in [0.1, 0.15) is 5.54 Å². The molecular formula is C29H36N4O2. The molecule has 1 aromatic heterocycles. The van der Waals surface area contributed by atoms with Crippen LogP contribution in [-0.4, -0.2) is 44.4 Å². The monoisotopic (exact) mass is 472 g/mol. The highest BCUT2D eigenvalue weighted by molar-refractivity contribution is 6.01. The van der Waals surface area contributed by atoms with Gasteiger partial charge in [-0.25, -0.2) is 4.98 Å². The first kappa shape index (κ1) is 23.6. The summed E-state index contributed by atoms with van der Waals surface area (Å²) >= 11 is 0. The van der Waals surface area contributed by atoms with Gasteiger partial charge >= 0.3 is 0 Å². The fraction of sp³-hybridized carbons (Fsp3) is 0.483. The van der Waals surface area contributed by atoms with Gasteiger partial charge in [0.05, 0.1) is 17.6 Å². The van der Waals surface area contributed by atoms with Gasteiger partial charge in [-0.3, -0.25) is 9.59 Å². The number of hydrogen-bond acceptors (Lipinski definition) is 3. The molecule has 1 saturated carbocycles. The van der Waals surface area contributed by atoms with Gasteiger partial charge in [-0.05, 0) is 48.8 Å². The number of nitrogens with one attached hydrogen (secondary N) is 1. The maximum Gasteiger partial charge on any atom is 0.290 e. The van der Waals surface area contributed by atoms with Gasteiger partial charge in [0.15, 0.2) is 5.82 Å². The molecule has 1 fully saturated rings. The fourth-order valence-electron chi connectivity index (χ4n) is 5.89. The van der Waals surface area contributed by atoms with Crippen LogP contribution in [0.4, 0.5) is 0 Å². The zero-order valence-corrected chi connectivity index (χ0v) is 21.2. The first-order valence-electron chi connectivity index (χ1n) is 12.9. The van der Waals surface area contributed by atoms with Crippen LogP contribution >= 0.6 is 0 Å². The molecular weight excluding hydrogens is 436 g/mol. The molecule has 1 aliphatic heterocycles. The minimum Gasteiger partial charge on any atom is -0.351 e. The summed E-state index contributed by atoms with van der Waals surface area (Å²) in [5.74, 6) is 1.23. The van der Waals surface area contributed by atoms with Crippen molar-refractivity contribution >= 4 is 22.8 Å². The topological polar surface area (TPSA) is 67.2 Å². The van der Waals surface area contributed by atoms with Crippen molar-refractivity contribution in [2.75, 3.05) is 6.54 Å². The Balaban J connectivity index is 1.52. The second-order valence-corrected chi connectivity index (χ2v) is 10.9. The summed E-state index contributed by atoms with van der Waals surface area (Å²) in [6.45, 7) is 9.38. The van der Waals surface area contributed by atoms with Crippen LogP contribution in [0.1, 0.15) is 69.1 Å². The smallest absolute Gasteiger partial charge is 0.290 e. The number of carbonyl (C=O) groups excluding carboxylic acids is 2. The summed E-state index contributed by atoms with van der Waals surface area (Å²) < 4.78 is 1.94. The number of hydrogen-bond donors (Lipinski definition) is 1. The molecule has 0 unspecified atom stereocenters. The first-order valence-corrected chi connectivity index (χ1v) is 12.9. The molecule has 0 saturated heterocycles. The predicted octanol–water partition coefficient (Wildman–Crippen LogP) is 5.00. The normalized spacial score (nSPS) is 27.5. The Kier molecular flexibility index (Phi) is 6.16. The van der Waals surface area contributed by atoms with Crippen LogP contribution in [0.2, 0.25) is 0 Å². The Hall–Kier alpha value is -3.15. The molecule has 1 N–H and O–H groups in total. The van der Waals surface area contributed by atoms with E-state index in [1.54, 1.807) is 4.90 Å². The Labute approximate surface area is 207 Å². The average Bonchev–Trinajstić information content (AvgIpc) is 3.23. The van der Waals surface area contributed by atoms with Crippen LogP contribution < -0.4 is 5.32 Å². The molecule has 6 nitrogen and oxygen atoms in total. The summed E-state index contributed by atoms with van der Waals surface area (Å²) in [5, 5.41) is 3.38. The summed E-state index contributed by atoms with van der Waals surface area (Å²) in [6, 6.07) is 18.1. The van der Waals surface area contributed by atoms with E-state index in [1.165, 1.54) is 6.42 Å². The molecule has 35 heavy (non-hydrogen) atoms. The van der Waals surface area contributed by atoms with Crippen molar-refractivity contribution in [3.05, 3.63) is 66.0 Å². The molecule has 0 spiro atoms. The van der Waals surface area contributed by atoms with Crippen molar-refractivity contribution in [2.24, 2.45) is 11.8 Å². The largest absolute Gasteiger partial charge is 0.351 e. The van der Waals surface area contributed by atoms with Crippen LogP contribution in [0.15, 0.2) is 54.6 Å². The maximum atomic E-state index is 14.0. The highest BCUT2D eigenvalue weighted by Crippen LogP contribution is 2.34. The van der Waals surface area contributed by atoms with Crippen molar-refractivity contribution in [3.8, 4) is 0 Å². The lowest BCUT2D eigenvalue weighted by molar-refractivity contribution is -0.134. The van der Waals surface area contributed by atoms with E-state index in [2.05, 4.69) is 43.2 Å². The minimum absolute atomic E-state index is 0.0690. The third-order valence-electron chi connectivity index (χ3n) is 8.49. The number of benzene rings is 2. The zero-order valence-electron chi connectivity index (χ0n) is 21.2. The summed E-state index contributed by atoms with van der Waals surface area (Å²) in [5.41, 5.74) is 1.81. The van der Waals surface area contributed by atoms with Crippen molar-refractivity contribution in [1.29, 1.82) is 0 Å². The number of carbonyl (C=O) groups is 2. The molecule has 2 aromatic carbocycles. The first-order chi connectivity index (χ1) is 16.8. The predicted molar refractivity (Wildman–Crippen MR) is 138 cm³/mol. The standard InChI is InChI=1S/C29H36N4O2/c1-19-11-10-15-23(21(19)3)31-28(35)29(4)18-32-25-16-9-8-14-24(25)30-26(32)27(34)33(29)17-20(2)22-12-6-5-7-13-22/h5-9,12-14,16,19-21,23H,10-11,15,17-18H2,1-4H3,(H,31,35)/t19-,20+,21+,23+,29+/m0/s1. The number of amides is 2. The SMILES string of the molecule is C[C@@H]1[C@@H](C)CCC[C@H]1NC(=O)[C@@]1(C)Cn2c(nc3ccccc32)C(=O)N1C[C@@H](C)c1ccccc1. The number of aromatic nitrogens is 2. The Morgan fingerprint density at radius 3 is 2.60 bits per heavy atom. The number of para-hydroxylation sites is 2. The number of fused-ring (bicyclic) bond motifs is 3. The molecule has 0 radical (unpaired) electrons. The second-order valence-electron chi connectivity index (χ2n) is 10.9. The van der Waals surface area contributed by atoms with Gasteiger partial charge in [-0.15, -0.1) is 0 Å². The van der Waals surface area contributed by atoms with E-state index >= 15 is 0 Å². The molecule has 5 atom stereocenters. The van der Waals surface area contributed by atoms with E-state index in [0.29, 0.717) is 30.7 Å². The fourth-order valence-corrected chi connectivity index (χ4v) is 5.89. The highest BCUT2D eigenvalue weighted by atomic mass is 16.2. The second kappa shape index (κ2) is 9.14. The van der Waals surface area contributed by atoms with Crippen LogP contribution in [0.25, 0.3) is 11.0 Å². The number of imidazole rings is 1. The van der Waals surface area contributed by atoms with Crippen molar-refractivity contribution in [1.82, 2.24) is 19.8 Å². The van der Waals surface area contributed by atoms with Gasteiger partial charge in [0.2, 0.25) is 5.91 Å². The van der Waals surface area contributed by atoms with Crippen LogP contribution in [-0.2, 0) is 11.3 Å². The maximum absolute atomic E-state index is 14.0. The highest BCUT2D eigenvalue weighted by Gasteiger charge is 2.49. The number of nitrogens with zero attached hydrogens (tertiary/aromatic N) is 3. The lowest BCUT2D eigenvalue weighted by atomic mass is 9.77. The third-order valence-corrected chi connectivity index (χ3v) is 8.49. The van der Waals surface area contributed by atoms with Gasteiger partial charge in [-0.1, -0.05) is 76.1 Å². The van der Waals surface area contributed by atoms with E-state index < -0.39 is 5.54 Å². The molecule has 0 bridgehead atoms. The van der Waals surface area contributed by atoms with E-state index in [4.69, 9.17) is 0 Å². The Bertz CT molecular complexity index is 1240. The Morgan fingerprint density at radius 1 is 1.11 bits per heavy atom. The molecule has 5 rings (SSSR count). The third kappa shape index (κ3) is 4.13. The van der Waals surface area contributed by atoms with Crippen LogP contribution in [0, 0.1) is 11.8 Å². The Morgan fingerprint density at radius 2 is 1.83 bits per heavy atom. The lowest BCUT2D eigenvalue weighted by Gasteiger charge is -2.46.